The number of rotatable bonds is 6. The van der Waals surface area contributed by atoms with E-state index in [-0.39, 0.29) is 5.76 Å². The van der Waals surface area contributed by atoms with Crippen LogP contribution in [-0.4, -0.2) is 10.2 Å². The highest BCUT2D eigenvalue weighted by Gasteiger charge is 2.24. The largest absolute Gasteiger partial charge is 0.507 e. The lowest BCUT2D eigenvalue weighted by Gasteiger charge is -2.25. The van der Waals surface area contributed by atoms with Gasteiger partial charge in [-0.3, -0.25) is 0 Å². The first-order valence-corrected chi connectivity index (χ1v) is 7.20. The van der Waals surface area contributed by atoms with Gasteiger partial charge in [-0.05, 0) is 18.9 Å². The number of fused-ring (bicyclic) bond motifs is 1. The van der Waals surface area contributed by atoms with Crippen LogP contribution in [0.2, 0.25) is 0 Å². The molecule has 3 N–H and O–H groups in total. The fourth-order valence-corrected chi connectivity index (χ4v) is 2.48. The number of aliphatic hydroxyl groups excluding tert-OH is 2. The molecule has 0 radical (unpaired) electrons. The van der Waals surface area contributed by atoms with E-state index in [1.54, 1.807) is 0 Å². The van der Waals surface area contributed by atoms with Gasteiger partial charge in [-0.25, -0.2) is 0 Å². The molecule has 1 aliphatic rings. The van der Waals surface area contributed by atoms with Crippen LogP contribution >= 0.6 is 0 Å². The van der Waals surface area contributed by atoms with Gasteiger partial charge < -0.3 is 15.5 Å². The predicted molar refractivity (Wildman–Crippen MR) is 78.1 cm³/mol. The molecule has 3 heteroatoms. The third kappa shape index (κ3) is 3.29. The molecule has 1 unspecified atom stereocenters. The van der Waals surface area contributed by atoms with Crippen LogP contribution in [0.25, 0.3) is 0 Å². The number of para-hydroxylation sites is 1. The van der Waals surface area contributed by atoms with Crippen LogP contribution < -0.4 is 5.32 Å². The Kier molecular flexibility index (Phi) is 4.86. The van der Waals surface area contributed by atoms with Gasteiger partial charge in [-0.2, -0.15) is 0 Å². The van der Waals surface area contributed by atoms with Gasteiger partial charge in [0.05, 0.1) is 5.70 Å². The Morgan fingerprint density at radius 3 is 2.63 bits per heavy atom. The Morgan fingerprint density at radius 1 is 1.11 bits per heavy atom. The van der Waals surface area contributed by atoms with Crippen molar-refractivity contribution in [3.05, 3.63) is 41.3 Å². The minimum Gasteiger partial charge on any atom is -0.507 e. The molecule has 3 nitrogen and oxygen atoms in total. The maximum Gasteiger partial charge on any atom is 0.145 e. The second-order valence-corrected chi connectivity index (χ2v) is 5.14. The van der Waals surface area contributed by atoms with Gasteiger partial charge >= 0.3 is 0 Å². The molecule has 0 saturated carbocycles. The molecule has 104 valence electrons. The Labute approximate surface area is 115 Å². The maximum atomic E-state index is 10.1. The first-order valence-electron chi connectivity index (χ1n) is 7.20. The Balaban J connectivity index is 1.96. The predicted octanol–water partition coefficient (Wildman–Crippen LogP) is 4.28. The summed E-state index contributed by atoms with van der Waals surface area (Å²) in [6.07, 6.45) is 5.86. The van der Waals surface area contributed by atoms with Crippen LogP contribution in [-0.2, 0) is 0 Å². The smallest absolute Gasteiger partial charge is 0.145 e. The van der Waals surface area contributed by atoms with E-state index in [0.717, 1.165) is 29.8 Å². The number of benzene rings is 1. The lowest BCUT2D eigenvalue weighted by Crippen LogP contribution is -2.17. The summed E-state index contributed by atoms with van der Waals surface area (Å²) in [6.45, 7) is 2.20. The van der Waals surface area contributed by atoms with Crippen molar-refractivity contribution in [1.82, 2.24) is 0 Å². The normalized spacial score (nSPS) is 18.1. The van der Waals surface area contributed by atoms with E-state index in [1.807, 2.05) is 24.3 Å². The van der Waals surface area contributed by atoms with E-state index in [0.29, 0.717) is 0 Å². The van der Waals surface area contributed by atoms with Crippen molar-refractivity contribution < 1.29 is 10.2 Å². The fourth-order valence-electron chi connectivity index (χ4n) is 2.48. The Morgan fingerprint density at radius 2 is 1.84 bits per heavy atom. The molecule has 0 spiro atoms. The molecular weight excluding hydrogens is 238 g/mol. The minimum absolute atomic E-state index is 0.0780. The molecule has 0 aliphatic carbocycles. The van der Waals surface area contributed by atoms with Crippen LogP contribution in [0.15, 0.2) is 35.7 Å². The van der Waals surface area contributed by atoms with E-state index >= 15 is 0 Å². The van der Waals surface area contributed by atoms with E-state index in [4.69, 9.17) is 0 Å². The van der Waals surface area contributed by atoms with Gasteiger partial charge in [-0.1, -0.05) is 50.8 Å². The molecule has 0 amide bonds. The lowest BCUT2D eigenvalue weighted by atomic mass is 9.98. The molecule has 0 bridgehead atoms. The maximum absolute atomic E-state index is 10.1. The summed E-state index contributed by atoms with van der Waals surface area (Å²) in [5, 5.41) is 23.4. The van der Waals surface area contributed by atoms with Crippen molar-refractivity contribution in [2.45, 2.75) is 51.6 Å². The van der Waals surface area contributed by atoms with Crippen LogP contribution in [0.5, 0.6) is 0 Å². The molecule has 1 aromatic rings. The van der Waals surface area contributed by atoms with Crippen molar-refractivity contribution >= 4 is 5.69 Å². The lowest BCUT2D eigenvalue weighted by molar-refractivity contribution is 0.150. The topological polar surface area (TPSA) is 52.5 Å². The molecular formula is C16H23NO2. The van der Waals surface area contributed by atoms with Gasteiger partial charge in [0, 0.05) is 11.3 Å². The summed E-state index contributed by atoms with van der Waals surface area (Å²) in [5.41, 5.74) is 2.41. The highest BCUT2D eigenvalue weighted by Crippen LogP contribution is 2.35. The first-order chi connectivity index (χ1) is 9.24. The van der Waals surface area contributed by atoms with Crippen molar-refractivity contribution in [2.75, 3.05) is 5.32 Å². The van der Waals surface area contributed by atoms with Gasteiger partial charge in [0.2, 0.25) is 0 Å². The highest BCUT2D eigenvalue weighted by atomic mass is 16.3. The molecule has 1 aromatic carbocycles. The number of unbranched alkanes of at least 4 members (excludes halogenated alkanes) is 4. The van der Waals surface area contributed by atoms with Crippen molar-refractivity contribution in [1.29, 1.82) is 0 Å². The number of aliphatic hydroxyl groups is 2. The molecule has 1 heterocycles. The average Bonchev–Trinajstić information content (AvgIpc) is 2.44. The van der Waals surface area contributed by atoms with E-state index in [9.17, 15) is 10.2 Å². The molecule has 0 saturated heterocycles. The monoisotopic (exact) mass is 261 g/mol. The zero-order valence-corrected chi connectivity index (χ0v) is 11.5. The van der Waals surface area contributed by atoms with Crippen molar-refractivity contribution in [2.24, 2.45) is 0 Å². The molecule has 19 heavy (non-hydrogen) atoms. The van der Waals surface area contributed by atoms with E-state index < -0.39 is 6.10 Å². The Bertz CT molecular complexity index is 454. The summed E-state index contributed by atoms with van der Waals surface area (Å²) in [4.78, 5) is 0. The SMILES string of the molecule is CCCCCCCC1=C(O)C(O)c2ccccc2N1. The van der Waals surface area contributed by atoms with Crippen molar-refractivity contribution in [3.8, 4) is 0 Å². The first kappa shape index (κ1) is 13.9. The van der Waals surface area contributed by atoms with Crippen LogP contribution in [0.1, 0.15) is 57.1 Å². The number of nitrogens with one attached hydrogen (secondary N) is 1. The molecule has 2 rings (SSSR count). The van der Waals surface area contributed by atoms with Gasteiger partial charge in [-0.15, -0.1) is 0 Å². The summed E-state index contributed by atoms with van der Waals surface area (Å²) in [6, 6.07) is 7.57. The van der Waals surface area contributed by atoms with Crippen LogP contribution in [0.4, 0.5) is 5.69 Å². The quantitative estimate of drug-likeness (QED) is 0.670. The van der Waals surface area contributed by atoms with Gasteiger partial charge in [0.15, 0.2) is 0 Å². The number of hydrogen-bond acceptors (Lipinski definition) is 3. The average molecular weight is 261 g/mol. The fraction of sp³-hybridized carbons (Fsp3) is 0.500. The van der Waals surface area contributed by atoms with Gasteiger partial charge in [0.1, 0.15) is 11.9 Å². The third-order valence-electron chi connectivity index (χ3n) is 3.64. The van der Waals surface area contributed by atoms with Crippen LogP contribution in [0, 0.1) is 0 Å². The molecule has 1 atom stereocenters. The Hall–Kier alpha value is -1.48. The number of anilines is 1. The zero-order valence-electron chi connectivity index (χ0n) is 11.5. The molecule has 0 fully saturated rings. The van der Waals surface area contributed by atoms with E-state index in [2.05, 4.69) is 12.2 Å². The summed E-state index contributed by atoms with van der Waals surface area (Å²) >= 11 is 0. The second-order valence-electron chi connectivity index (χ2n) is 5.14. The van der Waals surface area contributed by atoms with Crippen molar-refractivity contribution in [3.63, 3.8) is 0 Å². The van der Waals surface area contributed by atoms with Crippen LogP contribution in [0.3, 0.4) is 0 Å². The third-order valence-corrected chi connectivity index (χ3v) is 3.64. The molecule has 1 aliphatic heterocycles. The zero-order chi connectivity index (χ0) is 13.7. The molecule has 0 aromatic heterocycles. The van der Waals surface area contributed by atoms with Gasteiger partial charge in [0.25, 0.3) is 0 Å². The number of allylic oxidation sites excluding steroid dienone is 1. The minimum atomic E-state index is -0.886. The van der Waals surface area contributed by atoms with E-state index in [1.165, 1.54) is 25.7 Å². The summed E-state index contributed by atoms with van der Waals surface area (Å²) < 4.78 is 0. The number of hydrogen-bond donors (Lipinski definition) is 3. The highest BCUT2D eigenvalue weighted by molar-refractivity contribution is 5.60. The standard InChI is InChI=1S/C16H23NO2/c1-2-3-4-5-6-11-14-16(19)15(18)12-9-7-8-10-13(12)17-14/h7-10,15,17-19H,2-6,11H2,1H3. The summed E-state index contributed by atoms with van der Waals surface area (Å²) in [7, 11) is 0. The summed E-state index contributed by atoms with van der Waals surface area (Å²) in [5.74, 6) is 0.0780. The second kappa shape index (κ2) is 6.62.